The SMILES string of the molecule is O=S(=O)(O)c1ccc2ccccc2c1.[CaH2]. The van der Waals surface area contributed by atoms with Gasteiger partial charge in [0.25, 0.3) is 10.1 Å². The Hall–Kier alpha value is -0.130. The first-order chi connectivity index (χ1) is 6.57. The summed E-state index contributed by atoms with van der Waals surface area (Å²) in [6, 6.07) is 11.9. The summed E-state index contributed by atoms with van der Waals surface area (Å²) in [5, 5.41) is 1.74. The van der Waals surface area contributed by atoms with Crippen LogP contribution in [0.1, 0.15) is 0 Å². The molecule has 0 aromatic heterocycles. The van der Waals surface area contributed by atoms with Gasteiger partial charge in [-0.15, -0.1) is 0 Å². The van der Waals surface area contributed by atoms with Crippen LogP contribution < -0.4 is 0 Å². The number of rotatable bonds is 1. The minimum absolute atomic E-state index is 0. The van der Waals surface area contributed by atoms with Crippen LogP contribution in [0.3, 0.4) is 0 Å². The molecule has 15 heavy (non-hydrogen) atoms. The normalized spacial score (nSPS) is 11.0. The molecule has 76 valence electrons. The molecule has 0 saturated heterocycles. The van der Waals surface area contributed by atoms with E-state index in [1.165, 1.54) is 12.1 Å². The molecule has 0 fully saturated rings. The quantitative estimate of drug-likeness (QED) is 0.610. The summed E-state index contributed by atoms with van der Waals surface area (Å²) in [5.74, 6) is 0. The molecule has 0 spiro atoms. The first-order valence-electron chi connectivity index (χ1n) is 4.04. The summed E-state index contributed by atoms with van der Waals surface area (Å²) in [7, 11) is -4.09. The van der Waals surface area contributed by atoms with E-state index in [2.05, 4.69) is 0 Å². The van der Waals surface area contributed by atoms with Crippen LogP contribution in [0.15, 0.2) is 47.4 Å². The van der Waals surface area contributed by atoms with Gasteiger partial charge >= 0.3 is 37.7 Å². The van der Waals surface area contributed by atoms with Crippen molar-refractivity contribution in [2.24, 2.45) is 0 Å². The molecule has 2 rings (SSSR count). The van der Waals surface area contributed by atoms with Crippen LogP contribution in [0.5, 0.6) is 0 Å². The summed E-state index contributed by atoms with van der Waals surface area (Å²) in [4.78, 5) is -0.0730. The van der Waals surface area contributed by atoms with Crippen molar-refractivity contribution in [2.75, 3.05) is 0 Å². The van der Waals surface area contributed by atoms with Crippen molar-refractivity contribution in [1.82, 2.24) is 0 Å². The van der Waals surface area contributed by atoms with Gasteiger partial charge in [-0.1, -0.05) is 30.3 Å². The zero-order chi connectivity index (χ0) is 10.2. The van der Waals surface area contributed by atoms with Gasteiger partial charge in [0.15, 0.2) is 0 Å². The van der Waals surface area contributed by atoms with Gasteiger partial charge in [0.05, 0.1) is 4.90 Å². The molecule has 3 nitrogen and oxygen atoms in total. The molecule has 0 unspecified atom stereocenters. The van der Waals surface area contributed by atoms with Gasteiger partial charge in [-0.2, -0.15) is 8.42 Å². The van der Waals surface area contributed by atoms with E-state index in [1.54, 1.807) is 12.1 Å². The van der Waals surface area contributed by atoms with Gasteiger partial charge in [0.2, 0.25) is 0 Å². The van der Waals surface area contributed by atoms with Crippen molar-refractivity contribution in [3.05, 3.63) is 42.5 Å². The average molecular weight is 250 g/mol. The van der Waals surface area contributed by atoms with E-state index in [4.69, 9.17) is 4.55 Å². The molecule has 0 radical (unpaired) electrons. The van der Waals surface area contributed by atoms with E-state index in [-0.39, 0.29) is 42.6 Å². The van der Waals surface area contributed by atoms with Crippen LogP contribution >= 0.6 is 0 Å². The molecule has 0 amide bonds. The standard InChI is InChI=1S/C10H8O3S.Ca.2H/c11-14(12,13)10-6-5-8-3-1-2-4-9(8)7-10;;;/h1-7H,(H,11,12,13);;;. The molecule has 0 aliphatic carbocycles. The van der Waals surface area contributed by atoms with Gasteiger partial charge in [0, 0.05) is 0 Å². The fourth-order valence-corrected chi connectivity index (χ4v) is 1.84. The molecular formula is C10H10CaO3S. The molecule has 0 heterocycles. The summed E-state index contributed by atoms with van der Waals surface area (Å²) in [6.07, 6.45) is 0. The Bertz CT molecular complexity index is 578. The summed E-state index contributed by atoms with van der Waals surface area (Å²) >= 11 is 0. The Kier molecular flexibility index (Phi) is 4.14. The third-order valence-corrected chi connectivity index (χ3v) is 2.87. The Morgan fingerprint density at radius 3 is 2.13 bits per heavy atom. The fraction of sp³-hybridized carbons (Fsp3) is 0. The summed E-state index contributed by atoms with van der Waals surface area (Å²) < 4.78 is 30.5. The molecule has 0 saturated carbocycles. The molecule has 0 atom stereocenters. The number of fused-ring (bicyclic) bond motifs is 1. The second-order valence-corrected chi connectivity index (χ2v) is 4.41. The number of hydrogen-bond acceptors (Lipinski definition) is 2. The van der Waals surface area contributed by atoms with Gasteiger partial charge in [-0.3, -0.25) is 4.55 Å². The van der Waals surface area contributed by atoms with Gasteiger partial charge < -0.3 is 0 Å². The van der Waals surface area contributed by atoms with Crippen molar-refractivity contribution in [1.29, 1.82) is 0 Å². The molecular weight excluding hydrogens is 240 g/mol. The molecule has 2 aromatic carbocycles. The van der Waals surface area contributed by atoms with Gasteiger partial charge in [-0.05, 0) is 22.9 Å². The van der Waals surface area contributed by atoms with E-state index < -0.39 is 10.1 Å². The predicted octanol–water partition coefficient (Wildman–Crippen LogP) is 1.17. The van der Waals surface area contributed by atoms with E-state index in [9.17, 15) is 8.42 Å². The third-order valence-electron chi connectivity index (χ3n) is 2.02. The van der Waals surface area contributed by atoms with E-state index >= 15 is 0 Å². The maximum atomic E-state index is 10.8. The van der Waals surface area contributed by atoms with Crippen molar-refractivity contribution >= 4 is 58.6 Å². The molecule has 5 heteroatoms. The van der Waals surface area contributed by atoms with E-state index in [0.717, 1.165) is 10.8 Å². The first-order valence-corrected chi connectivity index (χ1v) is 5.48. The number of hydrogen-bond donors (Lipinski definition) is 1. The van der Waals surface area contributed by atoms with Crippen molar-refractivity contribution in [3.63, 3.8) is 0 Å². The predicted molar refractivity (Wildman–Crippen MR) is 62.3 cm³/mol. The second kappa shape index (κ2) is 4.80. The maximum absolute atomic E-state index is 10.8. The minimum atomic E-state index is -4.09. The summed E-state index contributed by atoms with van der Waals surface area (Å²) in [6.45, 7) is 0. The fourth-order valence-electron chi connectivity index (χ4n) is 1.33. The summed E-state index contributed by atoms with van der Waals surface area (Å²) in [5.41, 5.74) is 0. The third kappa shape index (κ3) is 2.92. The monoisotopic (exact) mass is 250 g/mol. The Morgan fingerprint density at radius 1 is 0.933 bits per heavy atom. The van der Waals surface area contributed by atoms with Crippen LogP contribution in [-0.2, 0) is 10.1 Å². The van der Waals surface area contributed by atoms with Crippen LogP contribution in [0, 0.1) is 0 Å². The molecule has 0 aliphatic rings. The Morgan fingerprint density at radius 2 is 1.53 bits per heavy atom. The van der Waals surface area contributed by atoms with Crippen molar-refractivity contribution in [3.8, 4) is 0 Å². The van der Waals surface area contributed by atoms with Crippen molar-refractivity contribution < 1.29 is 13.0 Å². The Balaban J connectivity index is 0.00000112. The average Bonchev–Trinajstić information content (AvgIpc) is 2.16. The zero-order valence-corrected chi connectivity index (χ0v) is 8.03. The van der Waals surface area contributed by atoms with Crippen LogP contribution in [0.25, 0.3) is 10.8 Å². The second-order valence-electron chi connectivity index (χ2n) is 2.98. The van der Waals surface area contributed by atoms with Crippen molar-refractivity contribution in [2.45, 2.75) is 4.90 Å². The molecule has 0 aliphatic heterocycles. The molecule has 1 N–H and O–H groups in total. The van der Waals surface area contributed by atoms with E-state index in [0.29, 0.717) is 0 Å². The van der Waals surface area contributed by atoms with Gasteiger partial charge in [0.1, 0.15) is 0 Å². The first kappa shape index (κ1) is 12.9. The zero-order valence-electron chi connectivity index (χ0n) is 7.21. The number of benzene rings is 2. The van der Waals surface area contributed by atoms with Gasteiger partial charge in [-0.25, -0.2) is 0 Å². The van der Waals surface area contributed by atoms with Crippen LogP contribution in [0.4, 0.5) is 0 Å². The van der Waals surface area contributed by atoms with Crippen LogP contribution in [-0.4, -0.2) is 50.7 Å². The van der Waals surface area contributed by atoms with Crippen LogP contribution in [0.2, 0.25) is 0 Å². The van der Waals surface area contributed by atoms with E-state index in [1.807, 2.05) is 18.2 Å². The molecule has 2 aromatic rings. The Labute approximate surface area is 118 Å². The topological polar surface area (TPSA) is 54.4 Å². The molecule has 0 bridgehead atoms.